The van der Waals surface area contributed by atoms with Gasteiger partial charge in [-0.15, -0.1) is 0 Å². The van der Waals surface area contributed by atoms with Gasteiger partial charge >= 0.3 is 0 Å². The zero-order valence-corrected chi connectivity index (χ0v) is 17.5. The molecule has 0 radical (unpaired) electrons. The van der Waals surface area contributed by atoms with Crippen molar-refractivity contribution in [1.29, 1.82) is 0 Å². The van der Waals surface area contributed by atoms with Gasteiger partial charge in [-0.1, -0.05) is 103 Å². The highest BCUT2D eigenvalue weighted by Gasteiger charge is 2.11. The molecule has 5 aromatic rings. The number of hydrogen-bond acceptors (Lipinski definition) is 2. The van der Waals surface area contributed by atoms with Gasteiger partial charge < -0.3 is 0 Å². The van der Waals surface area contributed by atoms with Crippen LogP contribution in [0.2, 0.25) is 5.02 Å². The second kappa shape index (κ2) is 8.55. The second-order valence-electron chi connectivity index (χ2n) is 7.29. The van der Waals surface area contributed by atoms with E-state index in [0.717, 1.165) is 33.6 Å². The Labute approximate surface area is 186 Å². The monoisotopic (exact) mass is 418 g/mol. The predicted octanol–water partition coefficient (Wildman–Crippen LogP) is 7.80. The van der Waals surface area contributed by atoms with Gasteiger partial charge in [0.1, 0.15) is 0 Å². The van der Waals surface area contributed by atoms with Crippen LogP contribution in [0.3, 0.4) is 0 Å². The minimum absolute atomic E-state index is 0.685. The van der Waals surface area contributed by atoms with Gasteiger partial charge in [0, 0.05) is 21.7 Å². The van der Waals surface area contributed by atoms with Crippen molar-refractivity contribution >= 4 is 11.6 Å². The first kappa shape index (κ1) is 19.2. The molecule has 5 rings (SSSR count). The van der Waals surface area contributed by atoms with E-state index in [1.807, 2.05) is 66.7 Å². The Morgan fingerprint density at radius 3 is 1.68 bits per heavy atom. The molecule has 0 aliphatic carbocycles. The third kappa shape index (κ3) is 4.25. The molecule has 4 aromatic carbocycles. The Hall–Kier alpha value is -3.75. The highest BCUT2D eigenvalue weighted by atomic mass is 35.5. The molecule has 3 heteroatoms. The molecule has 0 unspecified atom stereocenters. The van der Waals surface area contributed by atoms with Crippen LogP contribution >= 0.6 is 11.6 Å². The van der Waals surface area contributed by atoms with Gasteiger partial charge in [0.15, 0.2) is 5.82 Å². The highest BCUT2D eigenvalue weighted by molar-refractivity contribution is 6.30. The summed E-state index contributed by atoms with van der Waals surface area (Å²) in [5.74, 6) is 0.689. The topological polar surface area (TPSA) is 25.8 Å². The third-order valence-electron chi connectivity index (χ3n) is 5.14. The van der Waals surface area contributed by atoms with Crippen LogP contribution in [-0.4, -0.2) is 9.97 Å². The predicted molar refractivity (Wildman–Crippen MR) is 129 cm³/mol. The largest absolute Gasteiger partial charge is 0.228 e. The molecule has 148 valence electrons. The maximum absolute atomic E-state index is 6.25. The van der Waals surface area contributed by atoms with E-state index in [1.54, 1.807) is 0 Å². The van der Waals surface area contributed by atoms with Gasteiger partial charge in [0.05, 0.1) is 11.4 Å². The molecule has 31 heavy (non-hydrogen) atoms. The van der Waals surface area contributed by atoms with E-state index in [4.69, 9.17) is 21.6 Å². The lowest BCUT2D eigenvalue weighted by Crippen LogP contribution is -1.96. The van der Waals surface area contributed by atoms with Crippen LogP contribution in [0.4, 0.5) is 0 Å². The van der Waals surface area contributed by atoms with Gasteiger partial charge in [0.2, 0.25) is 0 Å². The molecule has 0 spiro atoms. The van der Waals surface area contributed by atoms with Gasteiger partial charge in [0.25, 0.3) is 0 Å². The molecule has 0 saturated carbocycles. The average molecular weight is 419 g/mol. The molecule has 2 nitrogen and oxygen atoms in total. The molecule has 0 aliphatic heterocycles. The van der Waals surface area contributed by atoms with Crippen molar-refractivity contribution in [2.24, 2.45) is 0 Å². The summed E-state index contributed by atoms with van der Waals surface area (Å²) in [6.45, 7) is 0. The van der Waals surface area contributed by atoms with Crippen LogP contribution in [0.15, 0.2) is 115 Å². The van der Waals surface area contributed by atoms with Gasteiger partial charge in [-0.25, -0.2) is 9.97 Å². The lowest BCUT2D eigenvalue weighted by molar-refractivity contribution is 1.18. The fourth-order valence-corrected chi connectivity index (χ4v) is 3.79. The average Bonchev–Trinajstić information content (AvgIpc) is 2.85. The van der Waals surface area contributed by atoms with E-state index in [1.165, 1.54) is 5.56 Å². The highest BCUT2D eigenvalue weighted by Crippen LogP contribution is 2.30. The number of benzene rings is 4. The van der Waals surface area contributed by atoms with Crippen molar-refractivity contribution < 1.29 is 0 Å². The van der Waals surface area contributed by atoms with Gasteiger partial charge in [-0.05, 0) is 35.4 Å². The number of halogens is 1. The Morgan fingerprint density at radius 1 is 0.419 bits per heavy atom. The van der Waals surface area contributed by atoms with Crippen molar-refractivity contribution in [2.75, 3.05) is 0 Å². The first-order valence-electron chi connectivity index (χ1n) is 10.1. The summed E-state index contributed by atoms with van der Waals surface area (Å²) in [5, 5.41) is 0.685. The first-order chi connectivity index (χ1) is 15.3. The maximum atomic E-state index is 6.25. The summed E-state index contributed by atoms with van der Waals surface area (Å²) in [7, 11) is 0. The lowest BCUT2D eigenvalue weighted by atomic mass is 10.0. The SMILES string of the molecule is Clc1cccc(-c2cc(-c3ccccc3)nc(-c3cccc(-c4ccccc4)c3)n2)c1. The van der Waals surface area contributed by atoms with Crippen LogP contribution in [0, 0.1) is 0 Å². The summed E-state index contributed by atoms with van der Waals surface area (Å²) < 4.78 is 0. The second-order valence-corrected chi connectivity index (χ2v) is 7.72. The van der Waals surface area contributed by atoms with Crippen molar-refractivity contribution in [3.05, 3.63) is 120 Å². The van der Waals surface area contributed by atoms with Crippen molar-refractivity contribution in [3.8, 4) is 45.0 Å². The molecule has 0 saturated heterocycles. The lowest BCUT2D eigenvalue weighted by Gasteiger charge is -2.10. The molecule has 0 fully saturated rings. The van der Waals surface area contributed by atoms with Crippen molar-refractivity contribution in [2.45, 2.75) is 0 Å². The standard InChI is InChI=1S/C28H19ClN2/c29-25-16-8-14-23(18-25)27-19-26(21-11-5-2-6-12-21)30-28(31-27)24-15-7-13-22(17-24)20-9-3-1-4-10-20/h1-19H. The molecule has 0 aliphatic rings. The van der Waals surface area contributed by atoms with E-state index >= 15 is 0 Å². The smallest absolute Gasteiger partial charge is 0.160 e. The number of nitrogens with zero attached hydrogens (tertiary/aromatic N) is 2. The summed E-state index contributed by atoms with van der Waals surface area (Å²) in [5.41, 5.74) is 7.01. The summed E-state index contributed by atoms with van der Waals surface area (Å²) in [6, 6.07) is 38.7. The van der Waals surface area contributed by atoms with Crippen LogP contribution in [0.5, 0.6) is 0 Å². The first-order valence-corrected chi connectivity index (χ1v) is 10.5. The van der Waals surface area contributed by atoms with Gasteiger partial charge in [-0.3, -0.25) is 0 Å². The maximum Gasteiger partial charge on any atom is 0.160 e. The summed E-state index contributed by atoms with van der Waals surface area (Å²) in [4.78, 5) is 9.82. The van der Waals surface area contributed by atoms with E-state index in [9.17, 15) is 0 Å². The molecule has 0 atom stereocenters. The van der Waals surface area contributed by atoms with Crippen LogP contribution in [0.25, 0.3) is 45.0 Å². The van der Waals surface area contributed by atoms with E-state index in [-0.39, 0.29) is 0 Å². The zero-order chi connectivity index (χ0) is 21.0. The number of aromatic nitrogens is 2. The molecule has 0 amide bonds. The fraction of sp³-hybridized carbons (Fsp3) is 0. The fourth-order valence-electron chi connectivity index (χ4n) is 3.60. The van der Waals surface area contributed by atoms with Crippen LogP contribution in [-0.2, 0) is 0 Å². The molecular formula is C28H19ClN2. The Kier molecular flexibility index (Phi) is 5.30. The minimum Gasteiger partial charge on any atom is -0.228 e. The molecular weight excluding hydrogens is 400 g/mol. The normalized spacial score (nSPS) is 10.7. The quantitative estimate of drug-likeness (QED) is 0.297. The molecule has 0 N–H and O–H groups in total. The number of hydrogen-bond donors (Lipinski definition) is 0. The van der Waals surface area contributed by atoms with Crippen molar-refractivity contribution in [1.82, 2.24) is 9.97 Å². The Morgan fingerprint density at radius 2 is 0.968 bits per heavy atom. The Balaban J connectivity index is 1.67. The minimum atomic E-state index is 0.685. The summed E-state index contributed by atoms with van der Waals surface area (Å²) >= 11 is 6.25. The Bertz CT molecular complexity index is 1330. The zero-order valence-electron chi connectivity index (χ0n) is 16.7. The van der Waals surface area contributed by atoms with E-state index in [0.29, 0.717) is 10.8 Å². The third-order valence-corrected chi connectivity index (χ3v) is 5.38. The van der Waals surface area contributed by atoms with Crippen molar-refractivity contribution in [3.63, 3.8) is 0 Å². The molecule has 1 aromatic heterocycles. The van der Waals surface area contributed by atoms with Crippen LogP contribution in [0.1, 0.15) is 0 Å². The summed E-state index contributed by atoms with van der Waals surface area (Å²) in [6.07, 6.45) is 0. The van der Waals surface area contributed by atoms with E-state index < -0.39 is 0 Å². The molecule has 0 bridgehead atoms. The van der Waals surface area contributed by atoms with Gasteiger partial charge in [-0.2, -0.15) is 0 Å². The van der Waals surface area contributed by atoms with E-state index in [2.05, 4.69) is 48.5 Å². The number of rotatable bonds is 4. The molecule has 1 heterocycles. The van der Waals surface area contributed by atoms with Crippen LogP contribution < -0.4 is 0 Å².